The van der Waals surface area contributed by atoms with Gasteiger partial charge < -0.3 is 25.4 Å². The van der Waals surface area contributed by atoms with Crippen molar-refractivity contribution in [2.24, 2.45) is 5.92 Å². The zero-order valence-electron chi connectivity index (χ0n) is 20.8. The molecule has 0 fully saturated rings. The standard InChI is InChI=1S/C25H39N3O5/c1-9-14-28(21(22(30)26-17(4)5)18-12-10-11-13-20(18)29)23(31)19(15-16(2)3)27-24(32)33-25(6,7)8/h9-13,16-17,19,21,29H,1,14-15H2,2-8H3,(H,26,30)(H,27,32). The van der Waals surface area contributed by atoms with Gasteiger partial charge in [0.1, 0.15) is 23.4 Å². The fraction of sp³-hybridized carbons (Fsp3) is 0.560. The van der Waals surface area contributed by atoms with Crippen molar-refractivity contribution in [3.8, 4) is 5.75 Å². The van der Waals surface area contributed by atoms with E-state index in [-0.39, 0.29) is 29.8 Å². The van der Waals surface area contributed by atoms with Crippen molar-refractivity contribution in [3.63, 3.8) is 0 Å². The van der Waals surface area contributed by atoms with E-state index in [2.05, 4.69) is 17.2 Å². The largest absolute Gasteiger partial charge is 0.508 e. The van der Waals surface area contributed by atoms with E-state index in [1.807, 2.05) is 27.7 Å². The lowest BCUT2D eigenvalue weighted by Gasteiger charge is -2.34. The molecule has 0 saturated heterocycles. The van der Waals surface area contributed by atoms with E-state index in [1.54, 1.807) is 39.0 Å². The van der Waals surface area contributed by atoms with E-state index in [9.17, 15) is 19.5 Å². The van der Waals surface area contributed by atoms with Crippen molar-refractivity contribution < 1.29 is 24.2 Å². The van der Waals surface area contributed by atoms with Gasteiger partial charge in [0, 0.05) is 18.2 Å². The molecule has 0 bridgehead atoms. The summed E-state index contributed by atoms with van der Waals surface area (Å²) in [4.78, 5) is 40.7. The van der Waals surface area contributed by atoms with Crippen molar-refractivity contribution in [1.29, 1.82) is 0 Å². The van der Waals surface area contributed by atoms with Gasteiger partial charge in [0.15, 0.2) is 0 Å². The van der Waals surface area contributed by atoms with Crippen LogP contribution in [0.25, 0.3) is 0 Å². The number of amides is 3. The number of hydrogen-bond acceptors (Lipinski definition) is 5. The Labute approximate surface area is 197 Å². The van der Waals surface area contributed by atoms with Gasteiger partial charge in [-0.15, -0.1) is 6.58 Å². The highest BCUT2D eigenvalue weighted by Crippen LogP contribution is 2.30. The summed E-state index contributed by atoms with van der Waals surface area (Å²) < 4.78 is 5.34. The number of carbonyl (C=O) groups is 3. The number of ether oxygens (including phenoxy) is 1. The quantitative estimate of drug-likeness (QED) is 0.458. The Morgan fingerprint density at radius 1 is 1.12 bits per heavy atom. The number of aromatic hydroxyl groups is 1. The first-order valence-electron chi connectivity index (χ1n) is 11.3. The third-order valence-corrected chi connectivity index (χ3v) is 4.53. The van der Waals surface area contributed by atoms with Gasteiger partial charge in [-0.2, -0.15) is 0 Å². The van der Waals surface area contributed by atoms with Gasteiger partial charge in [0.25, 0.3) is 0 Å². The first-order valence-corrected chi connectivity index (χ1v) is 11.3. The van der Waals surface area contributed by atoms with Crippen LogP contribution in [0.2, 0.25) is 0 Å². The van der Waals surface area contributed by atoms with Gasteiger partial charge in [-0.25, -0.2) is 4.79 Å². The average Bonchev–Trinajstić information content (AvgIpc) is 2.65. The third-order valence-electron chi connectivity index (χ3n) is 4.53. The van der Waals surface area contributed by atoms with Gasteiger partial charge in [0.2, 0.25) is 11.8 Å². The molecule has 1 rings (SSSR count). The summed E-state index contributed by atoms with van der Waals surface area (Å²) in [7, 11) is 0. The molecule has 0 radical (unpaired) electrons. The van der Waals surface area contributed by atoms with Crippen LogP contribution in [0.5, 0.6) is 5.75 Å². The molecule has 33 heavy (non-hydrogen) atoms. The van der Waals surface area contributed by atoms with Crippen LogP contribution in [-0.2, 0) is 14.3 Å². The van der Waals surface area contributed by atoms with Crippen LogP contribution in [0.15, 0.2) is 36.9 Å². The number of nitrogens with one attached hydrogen (secondary N) is 2. The SMILES string of the molecule is C=CCN(C(=O)C(CC(C)C)NC(=O)OC(C)(C)C)C(C(=O)NC(C)C)c1ccccc1O. The van der Waals surface area contributed by atoms with Gasteiger partial charge in [-0.05, 0) is 53.0 Å². The predicted molar refractivity (Wildman–Crippen MR) is 129 cm³/mol. The van der Waals surface area contributed by atoms with E-state index in [1.165, 1.54) is 17.0 Å². The summed E-state index contributed by atoms with van der Waals surface area (Å²) in [6, 6.07) is 4.16. The van der Waals surface area contributed by atoms with Crippen LogP contribution in [-0.4, -0.2) is 52.1 Å². The topological polar surface area (TPSA) is 108 Å². The molecule has 3 amide bonds. The molecule has 0 aliphatic carbocycles. The molecule has 0 aliphatic rings. The number of hydrogen-bond donors (Lipinski definition) is 3. The first-order chi connectivity index (χ1) is 15.3. The maximum absolute atomic E-state index is 13.7. The smallest absolute Gasteiger partial charge is 0.408 e. The summed E-state index contributed by atoms with van der Waals surface area (Å²) >= 11 is 0. The molecule has 0 aromatic heterocycles. The number of para-hydroxylation sites is 1. The van der Waals surface area contributed by atoms with Crippen LogP contribution >= 0.6 is 0 Å². The Hall–Kier alpha value is -3.03. The normalized spacial score (nSPS) is 13.2. The second kappa shape index (κ2) is 12.3. The third kappa shape index (κ3) is 9.16. The summed E-state index contributed by atoms with van der Waals surface area (Å²) in [6.07, 6.45) is 1.13. The second-order valence-corrected chi connectivity index (χ2v) is 9.73. The molecule has 8 nitrogen and oxygen atoms in total. The van der Waals surface area contributed by atoms with E-state index < -0.39 is 35.6 Å². The minimum Gasteiger partial charge on any atom is -0.508 e. The molecular formula is C25H39N3O5. The van der Waals surface area contributed by atoms with Crippen LogP contribution in [0.4, 0.5) is 4.79 Å². The molecule has 2 unspecified atom stereocenters. The van der Waals surface area contributed by atoms with Crippen molar-refractivity contribution in [2.45, 2.75) is 78.6 Å². The van der Waals surface area contributed by atoms with Crippen molar-refractivity contribution >= 4 is 17.9 Å². The molecule has 8 heteroatoms. The molecule has 0 spiro atoms. The molecule has 0 heterocycles. The Kier molecular flexibility index (Phi) is 10.4. The lowest BCUT2D eigenvalue weighted by Crippen LogP contribution is -2.53. The van der Waals surface area contributed by atoms with E-state index in [0.29, 0.717) is 6.42 Å². The fourth-order valence-electron chi connectivity index (χ4n) is 3.34. The van der Waals surface area contributed by atoms with Crippen molar-refractivity contribution in [1.82, 2.24) is 15.5 Å². The molecule has 2 atom stereocenters. The highest BCUT2D eigenvalue weighted by Gasteiger charge is 2.37. The second-order valence-electron chi connectivity index (χ2n) is 9.73. The molecule has 0 aliphatic heterocycles. The molecule has 1 aromatic carbocycles. The summed E-state index contributed by atoms with van der Waals surface area (Å²) in [5.74, 6) is -0.944. The zero-order valence-corrected chi connectivity index (χ0v) is 20.8. The van der Waals surface area contributed by atoms with Crippen LogP contribution in [0.3, 0.4) is 0 Å². The van der Waals surface area contributed by atoms with Crippen molar-refractivity contribution in [2.75, 3.05) is 6.54 Å². The highest BCUT2D eigenvalue weighted by atomic mass is 16.6. The minimum atomic E-state index is -1.12. The summed E-state index contributed by atoms with van der Waals surface area (Å²) in [6.45, 7) is 16.5. The molecule has 1 aromatic rings. The summed E-state index contributed by atoms with van der Waals surface area (Å²) in [5, 5.41) is 16.0. The maximum atomic E-state index is 13.7. The number of nitrogens with zero attached hydrogens (tertiary/aromatic N) is 1. The number of alkyl carbamates (subject to hydrolysis) is 1. The Bertz CT molecular complexity index is 830. The van der Waals surface area contributed by atoms with Gasteiger partial charge in [-0.1, -0.05) is 38.1 Å². The van der Waals surface area contributed by atoms with E-state index >= 15 is 0 Å². The molecular weight excluding hydrogens is 422 g/mol. The Morgan fingerprint density at radius 3 is 2.21 bits per heavy atom. The first kappa shape index (κ1) is 28.0. The number of rotatable bonds is 10. The minimum absolute atomic E-state index is 0.0357. The van der Waals surface area contributed by atoms with E-state index in [0.717, 1.165) is 0 Å². The van der Waals surface area contributed by atoms with Crippen LogP contribution in [0.1, 0.15) is 66.5 Å². The van der Waals surface area contributed by atoms with Gasteiger partial charge in [0.05, 0.1) is 0 Å². The van der Waals surface area contributed by atoms with Gasteiger partial charge in [-0.3, -0.25) is 9.59 Å². The maximum Gasteiger partial charge on any atom is 0.408 e. The average molecular weight is 462 g/mol. The summed E-state index contributed by atoms with van der Waals surface area (Å²) in [5.41, 5.74) is -0.447. The predicted octanol–water partition coefficient (Wildman–Crippen LogP) is 3.91. The lowest BCUT2D eigenvalue weighted by molar-refractivity contribution is -0.142. The molecule has 3 N–H and O–H groups in total. The Balaban J connectivity index is 3.44. The Morgan fingerprint density at radius 2 is 1.73 bits per heavy atom. The fourth-order valence-corrected chi connectivity index (χ4v) is 3.34. The van der Waals surface area contributed by atoms with Crippen LogP contribution < -0.4 is 10.6 Å². The highest BCUT2D eigenvalue weighted by molar-refractivity contribution is 5.92. The monoisotopic (exact) mass is 461 g/mol. The molecule has 184 valence electrons. The lowest BCUT2D eigenvalue weighted by atomic mass is 9.98. The zero-order chi connectivity index (χ0) is 25.3. The van der Waals surface area contributed by atoms with Crippen LogP contribution in [0, 0.1) is 5.92 Å². The van der Waals surface area contributed by atoms with Crippen molar-refractivity contribution in [3.05, 3.63) is 42.5 Å². The number of carbonyl (C=O) groups excluding carboxylic acids is 3. The molecule has 0 saturated carbocycles. The number of phenols is 1. The van der Waals surface area contributed by atoms with Gasteiger partial charge >= 0.3 is 6.09 Å². The van der Waals surface area contributed by atoms with E-state index in [4.69, 9.17) is 4.74 Å². The number of phenolic OH excluding ortho intramolecular Hbond substituents is 1. The number of benzene rings is 1.